The fourth-order valence-corrected chi connectivity index (χ4v) is 3.77. The molecule has 2 N–H and O–H groups in total. The molecule has 2 atom stereocenters. The molecule has 1 amide bonds. The minimum Gasteiger partial charge on any atom is -0.386 e. The first-order valence-corrected chi connectivity index (χ1v) is 9.96. The van der Waals surface area contributed by atoms with Gasteiger partial charge < -0.3 is 10.4 Å². The van der Waals surface area contributed by atoms with Gasteiger partial charge in [-0.3, -0.25) is 9.48 Å². The molecule has 1 aliphatic carbocycles. The number of nitrogens with one attached hydrogen (secondary N) is 1. The molecule has 5 nitrogen and oxygen atoms in total. The number of rotatable bonds is 4. The molecule has 2 unspecified atom stereocenters. The summed E-state index contributed by atoms with van der Waals surface area (Å²) in [7, 11) is 0. The van der Waals surface area contributed by atoms with E-state index in [1.165, 1.54) is 6.07 Å². The van der Waals surface area contributed by atoms with E-state index in [4.69, 9.17) is 5.10 Å². The molecule has 3 rings (SSSR count). The maximum Gasteiger partial charge on any atom is 0.270 e. The number of aliphatic hydroxyl groups excluding tert-OH is 1. The molecule has 6 heteroatoms. The van der Waals surface area contributed by atoms with Crippen molar-refractivity contribution >= 4 is 5.91 Å². The minimum absolute atomic E-state index is 0.226. The molecule has 0 bridgehead atoms. The van der Waals surface area contributed by atoms with Crippen LogP contribution in [0.5, 0.6) is 0 Å². The Kier molecular flexibility index (Phi) is 5.62. The van der Waals surface area contributed by atoms with E-state index < -0.39 is 12.1 Å². The third-order valence-electron chi connectivity index (χ3n) is 5.36. The lowest BCUT2D eigenvalue weighted by atomic mass is 9.95. The van der Waals surface area contributed by atoms with E-state index in [-0.39, 0.29) is 17.3 Å². The predicted molar refractivity (Wildman–Crippen MR) is 107 cm³/mol. The molecule has 0 aliphatic heterocycles. The summed E-state index contributed by atoms with van der Waals surface area (Å²) in [5.41, 5.74) is 3.36. The van der Waals surface area contributed by atoms with E-state index >= 15 is 0 Å². The number of carbonyl (C=O) groups excluding carboxylic acids is 1. The van der Waals surface area contributed by atoms with Crippen molar-refractivity contribution in [3.05, 3.63) is 52.1 Å². The fraction of sp³-hybridized carbons (Fsp3) is 0.545. The number of hydrogen-bond donors (Lipinski definition) is 2. The Labute approximate surface area is 166 Å². The Hall–Kier alpha value is -2.21. The van der Waals surface area contributed by atoms with Gasteiger partial charge in [0, 0.05) is 5.56 Å². The number of aryl methyl sites for hydroxylation is 2. The van der Waals surface area contributed by atoms with Crippen molar-refractivity contribution in [3.63, 3.8) is 0 Å². The normalized spacial score (nSPS) is 16.4. The van der Waals surface area contributed by atoms with Crippen LogP contribution in [-0.4, -0.2) is 26.8 Å². The number of nitrogens with zero attached hydrogens (tertiary/aromatic N) is 2. The van der Waals surface area contributed by atoms with Crippen LogP contribution in [0.4, 0.5) is 4.39 Å². The number of carbonyl (C=O) groups is 1. The van der Waals surface area contributed by atoms with Gasteiger partial charge in [0.2, 0.25) is 0 Å². The van der Waals surface area contributed by atoms with Gasteiger partial charge in [0.1, 0.15) is 11.5 Å². The van der Waals surface area contributed by atoms with Gasteiger partial charge in [-0.15, -0.1) is 0 Å². The Morgan fingerprint density at radius 2 is 1.96 bits per heavy atom. The van der Waals surface area contributed by atoms with Gasteiger partial charge in [-0.25, -0.2) is 4.39 Å². The highest BCUT2D eigenvalue weighted by atomic mass is 19.1. The summed E-state index contributed by atoms with van der Waals surface area (Å²) in [6.45, 7) is 9.50. The molecule has 0 radical (unpaired) electrons. The van der Waals surface area contributed by atoms with Crippen LogP contribution in [0, 0.1) is 12.7 Å². The van der Waals surface area contributed by atoms with Crippen molar-refractivity contribution in [1.82, 2.24) is 15.1 Å². The highest BCUT2D eigenvalue weighted by Crippen LogP contribution is 2.28. The van der Waals surface area contributed by atoms with Crippen molar-refractivity contribution in [3.8, 4) is 0 Å². The Morgan fingerprint density at radius 3 is 2.61 bits per heavy atom. The number of halogens is 1. The summed E-state index contributed by atoms with van der Waals surface area (Å²) >= 11 is 0. The van der Waals surface area contributed by atoms with Crippen LogP contribution in [0.2, 0.25) is 0 Å². The van der Waals surface area contributed by atoms with Gasteiger partial charge in [0.15, 0.2) is 0 Å². The molecule has 1 aromatic heterocycles. The summed E-state index contributed by atoms with van der Waals surface area (Å²) in [5.74, 6) is -0.538. The van der Waals surface area contributed by atoms with Gasteiger partial charge in [0.25, 0.3) is 5.91 Å². The van der Waals surface area contributed by atoms with Crippen LogP contribution < -0.4 is 5.32 Å². The second-order valence-electron chi connectivity index (χ2n) is 8.78. The SMILES string of the molecule is Cc1cc(C(O)C(C)NC(=O)c2c3c(nn2C(C)(C)C)CCCC3)ccc1F. The molecule has 1 aliphatic rings. The molecule has 1 aromatic carbocycles. The minimum atomic E-state index is -0.926. The van der Waals surface area contributed by atoms with Crippen molar-refractivity contribution in [2.75, 3.05) is 0 Å². The van der Waals surface area contributed by atoms with E-state index in [0.717, 1.165) is 36.9 Å². The van der Waals surface area contributed by atoms with Crippen molar-refractivity contribution in [1.29, 1.82) is 0 Å². The van der Waals surface area contributed by atoms with Gasteiger partial charge in [0.05, 0.1) is 23.4 Å². The third kappa shape index (κ3) is 3.97. The molecule has 0 spiro atoms. The van der Waals surface area contributed by atoms with Crippen LogP contribution in [0.15, 0.2) is 18.2 Å². The van der Waals surface area contributed by atoms with Crippen LogP contribution in [0.3, 0.4) is 0 Å². The van der Waals surface area contributed by atoms with Crippen molar-refractivity contribution in [2.24, 2.45) is 0 Å². The highest BCUT2D eigenvalue weighted by molar-refractivity contribution is 5.94. The van der Waals surface area contributed by atoms with Gasteiger partial charge in [-0.05, 0) is 77.5 Å². The highest BCUT2D eigenvalue weighted by Gasteiger charge is 2.31. The number of aromatic nitrogens is 2. The topological polar surface area (TPSA) is 67.2 Å². The second kappa shape index (κ2) is 7.66. The first-order valence-electron chi connectivity index (χ1n) is 9.96. The number of benzene rings is 1. The van der Waals surface area contributed by atoms with Crippen LogP contribution >= 0.6 is 0 Å². The lowest BCUT2D eigenvalue weighted by Crippen LogP contribution is -2.40. The fourth-order valence-electron chi connectivity index (χ4n) is 3.77. The van der Waals surface area contributed by atoms with E-state index in [1.54, 1.807) is 26.0 Å². The van der Waals surface area contributed by atoms with Crippen LogP contribution in [0.1, 0.15) is 79.5 Å². The molecular formula is C22H30FN3O2. The number of amides is 1. The van der Waals surface area contributed by atoms with Crippen molar-refractivity contribution < 1.29 is 14.3 Å². The molecule has 2 aromatic rings. The molecule has 0 saturated heterocycles. The Morgan fingerprint density at radius 1 is 1.29 bits per heavy atom. The summed E-state index contributed by atoms with van der Waals surface area (Å²) in [6.07, 6.45) is 2.96. The number of aliphatic hydroxyl groups is 1. The first kappa shape index (κ1) is 20.5. The summed E-state index contributed by atoms with van der Waals surface area (Å²) < 4.78 is 15.3. The molecule has 152 valence electrons. The molecule has 0 saturated carbocycles. The molecule has 28 heavy (non-hydrogen) atoms. The largest absolute Gasteiger partial charge is 0.386 e. The maximum absolute atomic E-state index is 13.5. The zero-order valence-electron chi connectivity index (χ0n) is 17.3. The number of hydrogen-bond acceptors (Lipinski definition) is 3. The average molecular weight is 387 g/mol. The standard InChI is InChI=1S/C22H30FN3O2/c1-13-12-15(10-11-17(13)23)20(27)14(2)24-21(28)19-16-8-6-7-9-18(16)25-26(19)22(3,4)5/h10-12,14,20,27H,6-9H2,1-5H3,(H,24,28). The molecule has 1 heterocycles. The van der Waals surface area contributed by atoms with Gasteiger partial charge in [-0.2, -0.15) is 5.10 Å². The van der Waals surface area contributed by atoms with Crippen LogP contribution in [0.25, 0.3) is 0 Å². The van der Waals surface area contributed by atoms with Gasteiger partial charge in [-0.1, -0.05) is 12.1 Å². The number of fused-ring (bicyclic) bond motifs is 1. The third-order valence-corrected chi connectivity index (χ3v) is 5.36. The maximum atomic E-state index is 13.5. The molecule has 0 fully saturated rings. The summed E-state index contributed by atoms with van der Waals surface area (Å²) in [5, 5.41) is 18.3. The van der Waals surface area contributed by atoms with Crippen molar-refractivity contribution in [2.45, 2.75) is 78.0 Å². The quantitative estimate of drug-likeness (QED) is 0.838. The first-order chi connectivity index (χ1) is 13.1. The Bertz CT molecular complexity index is 883. The lowest BCUT2D eigenvalue weighted by molar-refractivity contribution is 0.0833. The summed E-state index contributed by atoms with van der Waals surface area (Å²) in [4.78, 5) is 13.2. The van der Waals surface area contributed by atoms with E-state index in [1.807, 2.05) is 25.5 Å². The van der Waals surface area contributed by atoms with E-state index in [9.17, 15) is 14.3 Å². The monoisotopic (exact) mass is 387 g/mol. The van der Waals surface area contributed by atoms with Crippen LogP contribution in [-0.2, 0) is 18.4 Å². The van der Waals surface area contributed by atoms with E-state index in [2.05, 4.69) is 5.32 Å². The average Bonchev–Trinajstić information content (AvgIpc) is 3.03. The summed E-state index contributed by atoms with van der Waals surface area (Å²) in [6, 6.07) is 3.98. The zero-order valence-corrected chi connectivity index (χ0v) is 17.3. The molecular weight excluding hydrogens is 357 g/mol. The van der Waals surface area contributed by atoms with E-state index in [0.29, 0.717) is 16.8 Å². The smallest absolute Gasteiger partial charge is 0.270 e. The Balaban J connectivity index is 1.86. The second-order valence-corrected chi connectivity index (χ2v) is 8.78. The predicted octanol–water partition coefficient (Wildman–Crippen LogP) is 3.82. The zero-order chi connectivity index (χ0) is 20.6. The lowest BCUT2D eigenvalue weighted by Gasteiger charge is -2.25. The van der Waals surface area contributed by atoms with Gasteiger partial charge >= 0.3 is 0 Å².